The van der Waals surface area contributed by atoms with Gasteiger partial charge >= 0.3 is 0 Å². The number of halogens is 2. The highest BCUT2D eigenvalue weighted by Crippen LogP contribution is 2.50. The SMILES string of the molecule is CCCC(C)(CO)NC(=O)C1CC1c1cccc(Cl)c1Cl. The quantitative estimate of drug-likeness (QED) is 0.834. The van der Waals surface area contributed by atoms with Crippen molar-refractivity contribution in [3.8, 4) is 0 Å². The van der Waals surface area contributed by atoms with Gasteiger partial charge in [0.25, 0.3) is 0 Å². The molecule has 1 aromatic carbocycles. The normalized spacial score (nSPS) is 23.5. The number of amides is 1. The highest BCUT2D eigenvalue weighted by atomic mass is 35.5. The Morgan fingerprint density at radius 1 is 1.48 bits per heavy atom. The molecule has 2 rings (SSSR count). The van der Waals surface area contributed by atoms with Crippen molar-refractivity contribution in [2.24, 2.45) is 5.92 Å². The van der Waals surface area contributed by atoms with Gasteiger partial charge in [-0.05, 0) is 37.3 Å². The number of aliphatic hydroxyl groups excluding tert-OH is 1. The van der Waals surface area contributed by atoms with Gasteiger partial charge in [0, 0.05) is 5.92 Å². The zero-order valence-corrected chi connectivity index (χ0v) is 13.8. The number of hydrogen-bond donors (Lipinski definition) is 2. The topological polar surface area (TPSA) is 49.3 Å². The first kappa shape index (κ1) is 16.6. The lowest BCUT2D eigenvalue weighted by Crippen LogP contribution is -2.49. The molecule has 21 heavy (non-hydrogen) atoms. The van der Waals surface area contributed by atoms with E-state index in [9.17, 15) is 9.90 Å². The van der Waals surface area contributed by atoms with Crippen LogP contribution in [-0.2, 0) is 4.79 Å². The van der Waals surface area contributed by atoms with Crippen molar-refractivity contribution in [1.29, 1.82) is 0 Å². The van der Waals surface area contributed by atoms with Gasteiger partial charge in [-0.2, -0.15) is 0 Å². The van der Waals surface area contributed by atoms with Crippen LogP contribution in [0.5, 0.6) is 0 Å². The van der Waals surface area contributed by atoms with Crippen molar-refractivity contribution in [3.05, 3.63) is 33.8 Å². The van der Waals surface area contributed by atoms with E-state index in [2.05, 4.69) is 5.32 Å². The molecule has 3 unspecified atom stereocenters. The second kappa shape index (κ2) is 6.55. The van der Waals surface area contributed by atoms with E-state index in [1.165, 1.54) is 0 Å². The molecular weight excluding hydrogens is 309 g/mol. The number of nitrogens with one attached hydrogen (secondary N) is 1. The van der Waals surface area contributed by atoms with Crippen LogP contribution in [0.15, 0.2) is 18.2 Å². The Morgan fingerprint density at radius 3 is 2.81 bits per heavy atom. The molecule has 1 aromatic rings. The predicted molar refractivity (Wildman–Crippen MR) is 85.9 cm³/mol. The molecule has 0 bridgehead atoms. The molecule has 1 amide bonds. The van der Waals surface area contributed by atoms with E-state index in [1.807, 2.05) is 26.0 Å². The van der Waals surface area contributed by atoms with E-state index in [1.54, 1.807) is 6.07 Å². The monoisotopic (exact) mass is 329 g/mol. The Morgan fingerprint density at radius 2 is 2.19 bits per heavy atom. The number of aliphatic hydroxyl groups is 1. The van der Waals surface area contributed by atoms with E-state index in [-0.39, 0.29) is 24.3 Å². The Balaban J connectivity index is 2.03. The maximum absolute atomic E-state index is 12.3. The standard InChI is InChI=1S/C16H21Cl2NO2/c1-3-7-16(2,9-20)19-15(21)12-8-11(12)10-5-4-6-13(17)14(10)18/h4-6,11-12,20H,3,7-9H2,1-2H3,(H,19,21). The Hall–Kier alpha value is -0.770. The van der Waals surface area contributed by atoms with Gasteiger partial charge in [-0.3, -0.25) is 4.79 Å². The summed E-state index contributed by atoms with van der Waals surface area (Å²) in [5, 5.41) is 13.5. The third kappa shape index (κ3) is 3.71. The fourth-order valence-electron chi connectivity index (χ4n) is 2.76. The molecule has 1 saturated carbocycles. The van der Waals surface area contributed by atoms with Gasteiger partial charge in [-0.15, -0.1) is 0 Å². The molecule has 1 fully saturated rings. The summed E-state index contributed by atoms with van der Waals surface area (Å²) >= 11 is 12.2. The minimum absolute atomic E-state index is 0.0129. The van der Waals surface area contributed by atoms with Gasteiger partial charge < -0.3 is 10.4 Å². The zero-order valence-electron chi connectivity index (χ0n) is 12.3. The predicted octanol–water partition coefficient (Wildman–Crippen LogP) is 3.76. The molecule has 5 heteroatoms. The lowest BCUT2D eigenvalue weighted by atomic mass is 9.96. The van der Waals surface area contributed by atoms with Crippen LogP contribution in [0.25, 0.3) is 0 Å². The molecule has 116 valence electrons. The summed E-state index contributed by atoms with van der Waals surface area (Å²) < 4.78 is 0. The van der Waals surface area contributed by atoms with E-state index >= 15 is 0 Å². The van der Waals surface area contributed by atoms with Crippen LogP contribution < -0.4 is 5.32 Å². The minimum Gasteiger partial charge on any atom is -0.394 e. The molecule has 0 aromatic heterocycles. The Kier molecular flexibility index (Phi) is 5.18. The maximum atomic E-state index is 12.3. The Labute approximate surface area is 135 Å². The van der Waals surface area contributed by atoms with Crippen LogP contribution >= 0.6 is 23.2 Å². The Bertz CT molecular complexity index is 535. The summed E-state index contributed by atoms with van der Waals surface area (Å²) in [5.41, 5.74) is 0.391. The van der Waals surface area contributed by atoms with Crippen LogP contribution in [0.1, 0.15) is 44.6 Å². The maximum Gasteiger partial charge on any atom is 0.224 e. The van der Waals surface area contributed by atoms with Crippen molar-refractivity contribution in [2.45, 2.75) is 44.6 Å². The van der Waals surface area contributed by atoms with Gasteiger partial charge in [0.2, 0.25) is 5.91 Å². The van der Waals surface area contributed by atoms with E-state index in [0.29, 0.717) is 10.0 Å². The van der Waals surface area contributed by atoms with E-state index in [4.69, 9.17) is 23.2 Å². The van der Waals surface area contributed by atoms with Crippen LogP contribution in [0.2, 0.25) is 10.0 Å². The van der Waals surface area contributed by atoms with E-state index < -0.39 is 5.54 Å². The number of carbonyl (C=O) groups excluding carboxylic acids is 1. The van der Waals surface area contributed by atoms with Gasteiger partial charge in [-0.25, -0.2) is 0 Å². The molecule has 3 nitrogen and oxygen atoms in total. The van der Waals surface area contributed by atoms with Crippen molar-refractivity contribution in [2.75, 3.05) is 6.61 Å². The molecule has 0 saturated heterocycles. The summed E-state index contributed by atoms with van der Waals surface area (Å²) in [4.78, 5) is 12.3. The number of hydrogen-bond acceptors (Lipinski definition) is 2. The molecule has 0 spiro atoms. The smallest absolute Gasteiger partial charge is 0.224 e. The van der Waals surface area contributed by atoms with Gasteiger partial charge in [-0.1, -0.05) is 48.7 Å². The number of carbonyl (C=O) groups is 1. The fraction of sp³-hybridized carbons (Fsp3) is 0.562. The van der Waals surface area contributed by atoms with Gasteiger partial charge in [0.05, 0.1) is 22.2 Å². The van der Waals surface area contributed by atoms with Crippen molar-refractivity contribution < 1.29 is 9.90 Å². The first-order valence-electron chi connectivity index (χ1n) is 7.28. The lowest BCUT2D eigenvalue weighted by Gasteiger charge is -2.28. The average Bonchev–Trinajstić information content (AvgIpc) is 3.22. The molecule has 3 atom stereocenters. The minimum atomic E-state index is -0.545. The van der Waals surface area contributed by atoms with Crippen molar-refractivity contribution in [3.63, 3.8) is 0 Å². The van der Waals surface area contributed by atoms with Crippen molar-refractivity contribution in [1.82, 2.24) is 5.32 Å². The zero-order chi connectivity index (χ0) is 15.6. The molecule has 0 heterocycles. The van der Waals surface area contributed by atoms with Gasteiger partial charge in [0.15, 0.2) is 0 Å². The highest BCUT2D eigenvalue weighted by Gasteiger charge is 2.46. The lowest BCUT2D eigenvalue weighted by molar-refractivity contribution is -0.124. The van der Waals surface area contributed by atoms with E-state index in [0.717, 1.165) is 24.8 Å². The van der Waals surface area contributed by atoms with Gasteiger partial charge in [0.1, 0.15) is 0 Å². The summed E-state index contributed by atoms with van der Waals surface area (Å²) in [7, 11) is 0. The van der Waals surface area contributed by atoms with Crippen LogP contribution in [0, 0.1) is 5.92 Å². The summed E-state index contributed by atoms with van der Waals surface area (Å²) in [6.45, 7) is 3.85. The van der Waals surface area contributed by atoms with Crippen LogP contribution in [-0.4, -0.2) is 23.2 Å². The third-order valence-corrected chi connectivity index (χ3v) is 4.92. The molecule has 1 aliphatic carbocycles. The summed E-state index contributed by atoms with van der Waals surface area (Å²) in [5.74, 6) is 0.0329. The molecular formula is C16H21Cl2NO2. The molecule has 2 N–H and O–H groups in total. The first-order chi connectivity index (χ1) is 9.91. The molecule has 1 aliphatic rings. The fourth-order valence-corrected chi connectivity index (χ4v) is 3.21. The van der Waals surface area contributed by atoms with Crippen LogP contribution in [0.4, 0.5) is 0 Å². The average molecular weight is 330 g/mol. The summed E-state index contributed by atoms with van der Waals surface area (Å²) in [6.07, 6.45) is 2.44. The second-order valence-electron chi connectivity index (χ2n) is 6.05. The molecule has 0 aliphatic heterocycles. The first-order valence-corrected chi connectivity index (χ1v) is 8.04. The second-order valence-corrected chi connectivity index (χ2v) is 6.83. The molecule has 0 radical (unpaired) electrons. The van der Waals surface area contributed by atoms with Crippen LogP contribution in [0.3, 0.4) is 0 Å². The highest BCUT2D eigenvalue weighted by molar-refractivity contribution is 6.42. The summed E-state index contributed by atoms with van der Waals surface area (Å²) in [6, 6.07) is 5.52. The number of benzene rings is 1. The van der Waals surface area contributed by atoms with Crippen molar-refractivity contribution >= 4 is 29.1 Å². The number of rotatable bonds is 6. The largest absolute Gasteiger partial charge is 0.394 e. The third-order valence-electron chi connectivity index (χ3n) is 4.08.